The second kappa shape index (κ2) is 7.70. The van der Waals surface area contributed by atoms with Gasteiger partial charge in [-0.05, 0) is 31.0 Å². The van der Waals surface area contributed by atoms with Crippen molar-refractivity contribution in [1.29, 1.82) is 0 Å². The lowest BCUT2D eigenvalue weighted by Gasteiger charge is -2.33. The fourth-order valence-corrected chi connectivity index (χ4v) is 2.26. The smallest absolute Gasteiger partial charge is 0.305 e. The maximum Gasteiger partial charge on any atom is 0.305 e. The van der Waals surface area contributed by atoms with Gasteiger partial charge in [0, 0.05) is 5.02 Å². The number of halogens is 2. The number of carboxylic acid groups (broad SMARTS) is 1. The Hall–Kier alpha value is -1.46. The number of nitrogens with one attached hydrogen (secondary N) is 1. The van der Waals surface area contributed by atoms with Crippen molar-refractivity contribution in [3.63, 3.8) is 0 Å². The highest BCUT2D eigenvalue weighted by molar-refractivity contribution is 6.35. The molecule has 0 saturated heterocycles. The van der Waals surface area contributed by atoms with Crippen LogP contribution in [0.4, 0.5) is 0 Å². The second-order valence-electron chi connectivity index (χ2n) is 5.55. The number of aliphatic carboxylic acids is 1. The molecule has 1 aromatic rings. The fraction of sp³-hybridized carbons (Fsp3) is 0.467. The van der Waals surface area contributed by atoms with Crippen LogP contribution in [0.15, 0.2) is 18.2 Å². The normalized spacial score (nSPS) is 13.5. The predicted molar refractivity (Wildman–Crippen MR) is 85.6 cm³/mol. The molecule has 22 heavy (non-hydrogen) atoms. The van der Waals surface area contributed by atoms with Crippen LogP contribution in [0.1, 0.15) is 27.2 Å². The first kappa shape index (κ1) is 18.6. The summed E-state index contributed by atoms with van der Waals surface area (Å²) in [6.45, 7) is 5.13. The third-order valence-corrected chi connectivity index (χ3v) is 4.00. The van der Waals surface area contributed by atoms with Gasteiger partial charge in [0.1, 0.15) is 5.75 Å². The van der Waals surface area contributed by atoms with Gasteiger partial charge >= 0.3 is 5.97 Å². The van der Waals surface area contributed by atoms with E-state index >= 15 is 0 Å². The van der Waals surface area contributed by atoms with Gasteiger partial charge in [-0.3, -0.25) is 9.59 Å². The molecule has 1 amide bonds. The van der Waals surface area contributed by atoms with E-state index in [9.17, 15) is 9.59 Å². The van der Waals surface area contributed by atoms with Crippen molar-refractivity contribution in [2.75, 3.05) is 6.61 Å². The van der Waals surface area contributed by atoms with Crippen LogP contribution in [0, 0.1) is 5.92 Å². The van der Waals surface area contributed by atoms with E-state index in [0.717, 1.165) is 0 Å². The molecule has 2 N–H and O–H groups in total. The fourth-order valence-electron chi connectivity index (χ4n) is 1.80. The number of carbonyl (C=O) groups is 2. The summed E-state index contributed by atoms with van der Waals surface area (Å²) in [5.41, 5.74) is -0.851. The molecule has 0 fully saturated rings. The largest absolute Gasteiger partial charge is 0.482 e. The summed E-state index contributed by atoms with van der Waals surface area (Å²) in [4.78, 5) is 22.9. The molecule has 1 aromatic carbocycles. The highest BCUT2D eigenvalue weighted by Crippen LogP contribution is 2.27. The summed E-state index contributed by atoms with van der Waals surface area (Å²) in [5.74, 6) is -1.10. The van der Waals surface area contributed by atoms with Gasteiger partial charge in [0.2, 0.25) is 0 Å². The Balaban J connectivity index is 2.66. The van der Waals surface area contributed by atoms with E-state index in [1.165, 1.54) is 6.07 Å². The molecule has 0 heterocycles. The molecule has 0 aliphatic heterocycles. The standard InChI is InChI=1S/C15H19Cl2NO4/c1-9(2)15(3,7-14(20)21)18-13(19)8-22-12-5-4-10(16)6-11(12)17/h4-6,9H,7-8H2,1-3H3,(H,18,19)(H,20,21). The topological polar surface area (TPSA) is 75.6 Å². The number of hydrogen-bond donors (Lipinski definition) is 2. The Morgan fingerprint density at radius 3 is 2.50 bits per heavy atom. The van der Waals surface area contributed by atoms with Crippen LogP contribution in [0.5, 0.6) is 5.75 Å². The number of carboxylic acids is 1. The Morgan fingerprint density at radius 2 is 2.00 bits per heavy atom. The molecule has 122 valence electrons. The summed E-state index contributed by atoms with van der Waals surface area (Å²) < 4.78 is 5.33. The summed E-state index contributed by atoms with van der Waals surface area (Å²) in [6.07, 6.45) is -0.169. The predicted octanol–water partition coefficient (Wildman–Crippen LogP) is 3.38. The van der Waals surface area contributed by atoms with Crippen molar-refractivity contribution in [2.45, 2.75) is 32.7 Å². The summed E-state index contributed by atoms with van der Waals surface area (Å²) in [7, 11) is 0. The maximum absolute atomic E-state index is 12.0. The zero-order chi connectivity index (χ0) is 16.9. The zero-order valence-electron chi connectivity index (χ0n) is 12.7. The van der Waals surface area contributed by atoms with E-state index < -0.39 is 17.4 Å². The molecule has 0 aromatic heterocycles. The van der Waals surface area contributed by atoms with Crippen LogP contribution < -0.4 is 10.1 Å². The number of benzene rings is 1. The van der Waals surface area contributed by atoms with E-state index in [0.29, 0.717) is 15.8 Å². The Labute approximate surface area is 139 Å². The average molecular weight is 348 g/mol. The molecule has 1 atom stereocenters. The lowest BCUT2D eigenvalue weighted by molar-refractivity contribution is -0.139. The minimum Gasteiger partial charge on any atom is -0.482 e. The van der Waals surface area contributed by atoms with Gasteiger partial charge in [0.05, 0.1) is 17.0 Å². The highest BCUT2D eigenvalue weighted by Gasteiger charge is 2.32. The molecule has 0 spiro atoms. The Bertz CT molecular complexity index is 562. The second-order valence-corrected chi connectivity index (χ2v) is 6.40. The van der Waals surface area contributed by atoms with Crippen LogP contribution in [-0.4, -0.2) is 29.1 Å². The van der Waals surface area contributed by atoms with Gasteiger partial charge in [-0.25, -0.2) is 0 Å². The molecule has 7 heteroatoms. The Kier molecular flexibility index (Phi) is 6.50. The molecular formula is C15H19Cl2NO4. The quantitative estimate of drug-likeness (QED) is 0.792. The number of ether oxygens (including phenoxy) is 1. The minimum atomic E-state index is -0.974. The number of carbonyl (C=O) groups excluding carboxylic acids is 1. The molecule has 0 saturated carbocycles. The van der Waals surface area contributed by atoms with Crippen molar-refractivity contribution < 1.29 is 19.4 Å². The molecule has 0 aliphatic rings. The summed E-state index contributed by atoms with van der Waals surface area (Å²) in [6, 6.07) is 4.68. The van der Waals surface area contributed by atoms with Gasteiger partial charge in [0.15, 0.2) is 6.61 Å². The summed E-state index contributed by atoms with van der Waals surface area (Å²) >= 11 is 11.7. The molecule has 5 nitrogen and oxygen atoms in total. The van der Waals surface area contributed by atoms with Crippen molar-refractivity contribution in [1.82, 2.24) is 5.32 Å². The van der Waals surface area contributed by atoms with Gasteiger partial charge in [-0.15, -0.1) is 0 Å². The molecule has 0 radical (unpaired) electrons. The molecule has 1 rings (SSSR count). The van der Waals surface area contributed by atoms with Crippen LogP contribution >= 0.6 is 23.2 Å². The van der Waals surface area contributed by atoms with Gasteiger partial charge < -0.3 is 15.2 Å². The monoisotopic (exact) mass is 347 g/mol. The molecule has 0 aliphatic carbocycles. The zero-order valence-corrected chi connectivity index (χ0v) is 14.2. The lowest BCUT2D eigenvalue weighted by Crippen LogP contribution is -2.52. The third-order valence-electron chi connectivity index (χ3n) is 3.47. The van der Waals surface area contributed by atoms with Crippen LogP contribution in [0.2, 0.25) is 10.0 Å². The molecular weight excluding hydrogens is 329 g/mol. The van der Waals surface area contributed by atoms with Crippen molar-refractivity contribution in [3.05, 3.63) is 28.2 Å². The number of rotatable bonds is 7. The first-order valence-corrected chi connectivity index (χ1v) is 7.50. The van der Waals surface area contributed by atoms with Crippen molar-refractivity contribution in [3.8, 4) is 5.75 Å². The lowest BCUT2D eigenvalue weighted by atomic mass is 9.85. The van der Waals surface area contributed by atoms with E-state index in [1.54, 1.807) is 19.1 Å². The van der Waals surface area contributed by atoms with E-state index in [4.69, 9.17) is 33.0 Å². The Morgan fingerprint density at radius 1 is 1.36 bits per heavy atom. The van der Waals surface area contributed by atoms with Crippen molar-refractivity contribution in [2.24, 2.45) is 5.92 Å². The minimum absolute atomic E-state index is 0.0494. The summed E-state index contributed by atoms with van der Waals surface area (Å²) in [5, 5.41) is 12.5. The van der Waals surface area contributed by atoms with Gasteiger partial charge in [-0.2, -0.15) is 0 Å². The number of hydrogen-bond acceptors (Lipinski definition) is 3. The molecule has 1 unspecified atom stereocenters. The van der Waals surface area contributed by atoms with Crippen LogP contribution in [0.3, 0.4) is 0 Å². The average Bonchev–Trinajstić information content (AvgIpc) is 2.36. The van der Waals surface area contributed by atoms with Crippen molar-refractivity contribution >= 4 is 35.1 Å². The first-order valence-electron chi connectivity index (χ1n) is 6.74. The third kappa shape index (κ3) is 5.39. The van der Waals surface area contributed by atoms with Crippen LogP contribution in [0.25, 0.3) is 0 Å². The van der Waals surface area contributed by atoms with Gasteiger partial charge in [0.25, 0.3) is 5.91 Å². The number of amides is 1. The van der Waals surface area contributed by atoms with E-state index in [1.807, 2.05) is 13.8 Å². The van der Waals surface area contributed by atoms with E-state index in [2.05, 4.69) is 5.32 Å². The van der Waals surface area contributed by atoms with E-state index in [-0.39, 0.29) is 18.9 Å². The SMILES string of the molecule is CC(C)C(C)(CC(=O)O)NC(=O)COc1ccc(Cl)cc1Cl. The first-order chi connectivity index (χ1) is 10.1. The van der Waals surface area contributed by atoms with Gasteiger partial charge in [-0.1, -0.05) is 37.0 Å². The molecule has 0 bridgehead atoms. The van der Waals surface area contributed by atoms with Crippen LogP contribution in [-0.2, 0) is 9.59 Å². The maximum atomic E-state index is 12.0. The highest BCUT2D eigenvalue weighted by atomic mass is 35.5.